The van der Waals surface area contributed by atoms with Gasteiger partial charge in [-0.1, -0.05) is 11.6 Å². The molecule has 0 radical (unpaired) electrons. The highest BCUT2D eigenvalue weighted by Crippen LogP contribution is 2.25. The van der Waals surface area contributed by atoms with E-state index in [0.29, 0.717) is 9.50 Å². The average Bonchev–Trinajstić information content (AvgIpc) is 2.22. The molecule has 94 valence electrons. The number of carbonyl (C=O) groups is 1. The van der Waals surface area contributed by atoms with E-state index >= 15 is 0 Å². The number of benzene rings is 1. The predicted molar refractivity (Wildman–Crippen MR) is 67.2 cm³/mol. The third kappa shape index (κ3) is 4.41. The Labute approximate surface area is 112 Å². The standard InChI is InChI=1S/C8H8BrClN2O4S/c1-16-8(13)12-17(14,15)11-5-2-3-7(10)6(9)4-5/h2-4,11H,1H3,(H,12,13). The molecule has 1 aromatic rings. The maximum Gasteiger partial charge on any atom is 0.422 e. The quantitative estimate of drug-likeness (QED) is 0.880. The van der Waals surface area contributed by atoms with E-state index < -0.39 is 16.3 Å². The van der Waals surface area contributed by atoms with E-state index in [4.69, 9.17) is 11.6 Å². The second-order valence-corrected chi connectivity index (χ2v) is 5.50. The summed E-state index contributed by atoms with van der Waals surface area (Å²) in [6.45, 7) is 0. The van der Waals surface area contributed by atoms with Crippen LogP contribution in [0.5, 0.6) is 0 Å². The summed E-state index contributed by atoms with van der Waals surface area (Å²) in [4.78, 5) is 10.8. The number of ether oxygens (including phenoxy) is 1. The van der Waals surface area contributed by atoms with Crippen LogP contribution in [0.2, 0.25) is 5.02 Å². The number of carbonyl (C=O) groups excluding carboxylic acids is 1. The van der Waals surface area contributed by atoms with Crippen molar-refractivity contribution in [2.75, 3.05) is 11.8 Å². The number of methoxy groups -OCH3 is 1. The number of hydrogen-bond acceptors (Lipinski definition) is 4. The van der Waals surface area contributed by atoms with E-state index in [0.717, 1.165) is 7.11 Å². The van der Waals surface area contributed by atoms with Gasteiger partial charge in [-0.2, -0.15) is 8.42 Å². The van der Waals surface area contributed by atoms with Gasteiger partial charge in [-0.25, -0.2) is 9.52 Å². The molecule has 0 atom stereocenters. The molecular formula is C8H8BrClN2O4S. The van der Waals surface area contributed by atoms with Crippen molar-refractivity contribution in [3.63, 3.8) is 0 Å². The van der Waals surface area contributed by atoms with Crippen molar-refractivity contribution in [2.45, 2.75) is 0 Å². The van der Waals surface area contributed by atoms with Crippen LogP contribution in [0.15, 0.2) is 22.7 Å². The van der Waals surface area contributed by atoms with Crippen LogP contribution in [0.1, 0.15) is 0 Å². The van der Waals surface area contributed by atoms with Gasteiger partial charge in [0.15, 0.2) is 0 Å². The Balaban J connectivity index is 2.83. The van der Waals surface area contributed by atoms with E-state index in [2.05, 4.69) is 25.4 Å². The zero-order valence-corrected chi connectivity index (χ0v) is 11.7. The normalized spacial score (nSPS) is 10.8. The SMILES string of the molecule is COC(=O)NS(=O)(=O)Nc1ccc(Cl)c(Br)c1. The molecule has 2 N–H and O–H groups in total. The van der Waals surface area contributed by atoms with Crippen molar-refractivity contribution in [1.82, 2.24) is 4.72 Å². The molecule has 0 aromatic heterocycles. The predicted octanol–water partition coefficient (Wildman–Crippen LogP) is 2.12. The van der Waals surface area contributed by atoms with Gasteiger partial charge >= 0.3 is 16.3 Å². The number of halogens is 2. The lowest BCUT2D eigenvalue weighted by Crippen LogP contribution is -2.35. The van der Waals surface area contributed by atoms with E-state index in [1.807, 2.05) is 0 Å². The van der Waals surface area contributed by atoms with E-state index in [9.17, 15) is 13.2 Å². The van der Waals surface area contributed by atoms with E-state index in [-0.39, 0.29) is 5.69 Å². The molecule has 17 heavy (non-hydrogen) atoms. The molecule has 0 spiro atoms. The highest BCUT2D eigenvalue weighted by Gasteiger charge is 2.14. The van der Waals surface area contributed by atoms with Crippen molar-refractivity contribution in [1.29, 1.82) is 0 Å². The van der Waals surface area contributed by atoms with Crippen molar-refractivity contribution in [3.8, 4) is 0 Å². The number of rotatable bonds is 3. The summed E-state index contributed by atoms with van der Waals surface area (Å²) in [6, 6.07) is 4.41. The van der Waals surface area contributed by atoms with Crippen LogP contribution in [0.4, 0.5) is 10.5 Å². The van der Waals surface area contributed by atoms with E-state index in [1.54, 1.807) is 4.72 Å². The highest BCUT2D eigenvalue weighted by molar-refractivity contribution is 9.10. The van der Waals surface area contributed by atoms with Crippen molar-refractivity contribution in [3.05, 3.63) is 27.7 Å². The summed E-state index contributed by atoms with van der Waals surface area (Å²) >= 11 is 8.88. The Morgan fingerprint density at radius 2 is 2.12 bits per heavy atom. The molecule has 1 rings (SSSR count). The first-order chi connectivity index (χ1) is 7.84. The Morgan fingerprint density at radius 1 is 1.47 bits per heavy atom. The molecule has 0 saturated carbocycles. The monoisotopic (exact) mass is 342 g/mol. The fourth-order valence-electron chi connectivity index (χ4n) is 0.892. The molecule has 1 aromatic carbocycles. The van der Waals surface area contributed by atoms with Crippen LogP contribution in [0.25, 0.3) is 0 Å². The number of anilines is 1. The molecule has 9 heteroatoms. The van der Waals surface area contributed by atoms with Crippen molar-refractivity contribution >= 4 is 49.5 Å². The zero-order chi connectivity index (χ0) is 13.1. The summed E-state index contributed by atoms with van der Waals surface area (Å²) in [5, 5.41) is 0.439. The van der Waals surface area contributed by atoms with Gasteiger partial charge in [-0.3, -0.25) is 4.72 Å². The van der Waals surface area contributed by atoms with E-state index in [1.165, 1.54) is 18.2 Å². The minimum Gasteiger partial charge on any atom is -0.452 e. The Hall–Kier alpha value is -0.990. The number of hydrogen-bond donors (Lipinski definition) is 2. The van der Waals surface area contributed by atoms with Gasteiger partial charge in [0.05, 0.1) is 17.8 Å². The first-order valence-electron chi connectivity index (χ1n) is 4.17. The third-order valence-electron chi connectivity index (χ3n) is 1.57. The average molecular weight is 344 g/mol. The molecule has 0 saturated heterocycles. The fraction of sp³-hybridized carbons (Fsp3) is 0.125. The summed E-state index contributed by atoms with van der Waals surface area (Å²) in [5.41, 5.74) is 0.248. The lowest BCUT2D eigenvalue weighted by molar-refractivity contribution is 0.177. The second-order valence-electron chi connectivity index (χ2n) is 2.83. The molecule has 0 aliphatic carbocycles. The minimum absolute atomic E-state index is 0.248. The second kappa shape index (κ2) is 5.56. The van der Waals surface area contributed by atoms with Gasteiger partial charge in [0.2, 0.25) is 0 Å². The Kier molecular flexibility index (Phi) is 4.61. The molecule has 0 aliphatic rings. The van der Waals surface area contributed by atoms with Gasteiger partial charge in [0.25, 0.3) is 0 Å². The summed E-state index contributed by atoms with van der Waals surface area (Å²) in [6.07, 6.45) is -1.08. The van der Waals surface area contributed by atoms with Gasteiger partial charge in [-0.15, -0.1) is 0 Å². The van der Waals surface area contributed by atoms with Crippen LogP contribution >= 0.6 is 27.5 Å². The van der Waals surface area contributed by atoms with Crippen LogP contribution in [0, 0.1) is 0 Å². The van der Waals surface area contributed by atoms with Gasteiger partial charge < -0.3 is 4.74 Å². The molecule has 0 aliphatic heterocycles. The van der Waals surface area contributed by atoms with Crippen LogP contribution in [-0.2, 0) is 14.9 Å². The fourth-order valence-corrected chi connectivity index (χ4v) is 2.18. The van der Waals surface area contributed by atoms with Gasteiger partial charge in [-0.05, 0) is 34.1 Å². The molecule has 0 heterocycles. The van der Waals surface area contributed by atoms with Gasteiger partial charge in [0.1, 0.15) is 0 Å². The Morgan fingerprint density at radius 3 is 2.65 bits per heavy atom. The van der Waals surface area contributed by atoms with Crippen molar-refractivity contribution in [2.24, 2.45) is 0 Å². The minimum atomic E-state index is -4.01. The largest absolute Gasteiger partial charge is 0.452 e. The maximum absolute atomic E-state index is 11.4. The first kappa shape index (κ1) is 14.1. The zero-order valence-electron chi connectivity index (χ0n) is 8.53. The topological polar surface area (TPSA) is 84.5 Å². The molecular weight excluding hydrogens is 336 g/mol. The summed E-state index contributed by atoms with van der Waals surface area (Å²) in [5.74, 6) is 0. The summed E-state index contributed by atoms with van der Waals surface area (Å²) < 4.78 is 31.2. The lowest BCUT2D eigenvalue weighted by Gasteiger charge is -2.08. The molecule has 6 nitrogen and oxygen atoms in total. The lowest BCUT2D eigenvalue weighted by atomic mass is 10.3. The maximum atomic E-state index is 11.4. The van der Waals surface area contributed by atoms with Crippen LogP contribution in [-0.4, -0.2) is 21.6 Å². The Bertz CT molecular complexity index is 534. The van der Waals surface area contributed by atoms with Crippen LogP contribution < -0.4 is 9.44 Å². The summed E-state index contributed by atoms with van der Waals surface area (Å²) in [7, 11) is -2.95. The first-order valence-corrected chi connectivity index (χ1v) is 6.83. The third-order valence-corrected chi connectivity index (χ3v) is 3.73. The van der Waals surface area contributed by atoms with Gasteiger partial charge in [0, 0.05) is 4.47 Å². The molecule has 1 amide bonds. The molecule has 0 unspecified atom stereocenters. The van der Waals surface area contributed by atoms with Crippen LogP contribution in [0.3, 0.4) is 0 Å². The number of nitrogens with one attached hydrogen (secondary N) is 2. The molecule has 0 bridgehead atoms. The van der Waals surface area contributed by atoms with Crippen molar-refractivity contribution < 1.29 is 17.9 Å². The number of amides is 1. The highest BCUT2D eigenvalue weighted by atomic mass is 79.9. The molecule has 0 fully saturated rings. The smallest absolute Gasteiger partial charge is 0.422 e.